The highest BCUT2D eigenvalue weighted by Gasteiger charge is 2.13. The molecule has 1 rings (SSSR count). The maximum Gasteiger partial charge on any atom is 0.170 e. The Morgan fingerprint density at radius 2 is 2.00 bits per heavy atom. The van der Waals surface area contributed by atoms with E-state index < -0.39 is 0 Å². The Labute approximate surface area is 120 Å². The van der Waals surface area contributed by atoms with Crippen molar-refractivity contribution in [2.24, 2.45) is 16.8 Å². The van der Waals surface area contributed by atoms with E-state index in [2.05, 4.69) is 30.8 Å². The van der Waals surface area contributed by atoms with Crippen molar-refractivity contribution in [2.75, 3.05) is 7.05 Å². The molecular weight excluding hydrogens is 257 g/mol. The number of halogens is 1. The van der Waals surface area contributed by atoms with Crippen LogP contribution in [0.15, 0.2) is 23.4 Å². The first kappa shape index (κ1) is 16.4. The van der Waals surface area contributed by atoms with Gasteiger partial charge in [0.15, 0.2) is 5.84 Å². The molecule has 3 N–H and O–H groups in total. The Kier molecular flexibility index (Phi) is 5.95. The van der Waals surface area contributed by atoms with Crippen LogP contribution < -0.4 is 5.73 Å². The Morgan fingerprint density at radius 1 is 1.35 bits per heavy atom. The summed E-state index contributed by atoms with van der Waals surface area (Å²) in [5.74, 6) is 0.158. The lowest BCUT2D eigenvalue weighted by Gasteiger charge is -2.26. The van der Waals surface area contributed by atoms with Gasteiger partial charge >= 0.3 is 0 Å². The van der Waals surface area contributed by atoms with E-state index in [1.165, 1.54) is 12.1 Å². The second kappa shape index (κ2) is 7.24. The molecule has 1 aromatic rings. The third kappa shape index (κ3) is 4.81. The van der Waals surface area contributed by atoms with E-state index in [1.54, 1.807) is 6.07 Å². The normalized spacial score (nSPS) is 14.1. The van der Waals surface area contributed by atoms with Gasteiger partial charge in [0, 0.05) is 18.2 Å². The number of benzene rings is 1. The van der Waals surface area contributed by atoms with Crippen molar-refractivity contribution < 1.29 is 9.60 Å². The average Bonchev–Trinajstić information content (AvgIpc) is 2.36. The molecule has 0 radical (unpaired) electrons. The number of hydrogen-bond donors (Lipinski definition) is 2. The fourth-order valence-electron chi connectivity index (χ4n) is 2.25. The van der Waals surface area contributed by atoms with Crippen molar-refractivity contribution in [3.63, 3.8) is 0 Å². The van der Waals surface area contributed by atoms with E-state index in [0.29, 0.717) is 24.1 Å². The monoisotopic (exact) mass is 281 g/mol. The SMILES string of the molecule is CC(C)CC(C)N(C)Cc1cc(F)cc(/C(N)=N/O)c1. The number of nitrogens with zero attached hydrogens (tertiary/aromatic N) is 2. The lowest BCUT2D eigenvalue weighted by Crippen LogP contribution is -2.30. The molecule has 0 bridgehead atoms. The molecule has 0 spiro atoms. The van der Waals surface area contributed by atoms with Crippen LogP contribution in [0.1, 0.15) is 38.3 Å². The van der Waals surface area contributed by atoms with Crippen LogP contribution in [0.2, 0.25) is 0 Å². The van der Waals surface area contributed by atoms with Crippen LogP contribution in [-0.2, 0) is 6.54 Å². The topological polar surface area (TPSA) is 61.8 Å². The highest BCUT2D eigenvalue weighted by molar-refractivity contribution is 5.97. The minimum absolute atomic E-state index is 0.0800. The zero-order chi connectivity index (χ0) is 15.3. The van der Waals surface area contributed by atoms with Gasteiger partial charge < -0.3 is 10.9 Å². The molecule has 0 saturated carbocycles. The van der Waals surface area contributed by atoms with Crippen molar-refractivity contribution >= 4 is 5.84 Å². The standard InChI is InChI=1S/C15H24FN3O/c1-10(2)5-11(3)19(4)9-12-6-13(15(17)18-20)8-14(16)7-12/h6-8,10-11,20H,5,9H2,1-4H3,(H2,17,18). The Balaban J connectivity index is 2.84. The Morgan fingerprint density at radius 3 is 2.55 bits per heavy atom. The highest BCUT2D eigenvalue weighted by Crippen LogP contribution is 2.15. The summed E-state index contributed by atoms with van der Waals surface area (Å²) in [5, 5.41) is 11.6. The van der Waals surface area contributed by atoms with Gasteiger partial charge in [-0.3, -0.25) is 4.90 Å². The van der Waals surface area contributed by atoms with E-state index in [1.807, 2.05) is 7.05 Å². The zero-order valence-corrected chi connectivity index (χ0v) is 12.6. The van der Waals surface area contributed by atoms with E-state index in [9.17, 15) is 4.39 Å². The molecule has 20 heavy (non-hydrogen) atoms. The van der Waals surface area contributed by atoms with Crippen LogP contribution in [-0.4, -0.2) is 29.0 Å². The van der Waals surface area contributed by atoms with Gasteiger partial charge in [0.1, 0.15) is 5.82 Å². The molecule has 0 aliphatic rings. The van der Waals surface area contributed by atoms with Gasteiger partial charge in [-0.1, -0.05) is 19.0 Å². The quantitative estimate of drug-likeness (QED) is 0.365. The summed E-state index contributed by atoms with van der Waals surface area (Å²) in [6.45, 7) is 7.15. The van der Waals surface area contributed by atoms with Crippen LogP contribution >= 0.6 is 0 Å². The molecule has 0 fully saturated rings. The molecule has 1 atom stereocenters. The molecular formula is C15H24FN3O. The average molecular weight is 281 g/mol. The molecule has 1 unspecified atom stereocenters. The fraction of sp³-hybridized carbons (Fsp3) is 0.533. The predicted octanol–water partition coefficient (Wildman–Crippen LogP) is 2.79. The molecule has 0 heterocycles. The number of amidine groups is 1. The summed E-state index contributed by atoms with van der Waals surface area (Å²) >= 11 is 0. The maximum atomic E-state index is 13.6. The maximum absolute atomic E-state index is 13.6. The predicted molar refractivity (Wildman–Crippen MR) is 79.3 cm³/mol. The molecule has 0 aliphatic heterocycles. The van der Waals surface area contributed by atoms with Crippen molar-refractivity contribution in [1.29, 1.82) is 0 Å². The van der Waals surface area contributed by atoms with Crippen molar-refractivity contribution in [3.8, 4) is 0 Å². The molecule has 5 heteroatoms. The van der Waals surface area contributed by atoms with Gasteiger partial charge in [0.25, 0.3) is 0 Å². The first-order chi connectivity index (χ1) is 9.33. The van der Waals surface area contributed by atoms with Crippen molar-refractivity contribution in [3.05, 3.63) is 35.1 Å². The molecule has 112 valence electrons. The second-order valence-corrected chi connectivity index (χ2v) is 5.73. The lowest BCUT2D eigenvalue weighted by molar-refractivity contribution is 0.220. The smallest absolute Gasteiger partial charge is 0.170 e. The van der Waals surface area contributed by atoms with Crippen LogP contribution in [0.5, 0.6) is 0 Å². The van der Waals surface area contributed by atoms with Gasteiger partial charge in [0.2, 0.25) is 0 Å². The number of rotatable bonds is 6. The summed E-state index contributed by atoms with van der Waals surface area (Å²) in [6, 6.07) is 4.89. The third-order valence-electron chi connectivity index (χ3n) is 3.36. The Bertz CT molecular complexity index is 474. The Hall–Kier alpha value is -1.62. The lowest BCUT2D eigenvalue weighted by atomic mass is 10.0. The number of nitrogens with two attached hydrogens (primary N) is 1. The summed E-state index contributed by atoms with van der Waals surface area (Å²) in [6.07, 6.45) is 1.08. The molecule has 4 nitrogen and oxygen atoms in total. The molecule has 0 saturated heterocycles. The number of oxime groups is 1. The van der Waals surface area contributed by atoms with Crippen LogP contribution in [0.3, 0.4) is 0 Å². The van der Waals surface area contributed by atoms with E-state index in [-0.39, 0.29) is 11.7 Å². The molecule has 0 aliphatic carbocycles. The van der Waals surface area contributed by atoms with Crippen molar-refractivity contribution in [1.82, 2.24) is 4.90 Å². The fourth-order valence-corrected chi connectivity index (χ4v) is 2.25. The highest BCUT2D eigenvalue weighted by atomic mass is 19.1. The van der Waals surface area contributed by atoms with E-state index >= 15 is 0 Å². The van der Waals surface area contributed by atoms with E-state index in [0.717, 1.165) is 12.0 Å². The minimum atomic E-state index is -0.381. The van der Waals surface area contributed by atoms with Gasteiger partial charge in [-0.15, -0.1) is 0 Å². The van der Waals surface area contributed by atoms with Crippen LogP contribution in [0.25, 0.3) is 0 Å². The minimum Gasteiger partial charge on any atom is -0.409 e. The molecule has 0 aromatic heterocycles. The van der Waals surface area contributed by atoms with Crippen LogP contribution in [0, 0.1) is 11.7 Å². The van der Waals surface area contributed by atoms with E-state index in [4.69, 9.17) is 10.9 Å². The summed E-state index contributed by atoms with van der Waals surface area (Å²) < 4.78 is 13.6. The second-order valence-electron chi connectivity index (χ2n) is 5.73. The van der Waals surface area contributed by atoms with Gasteiger partial charge in [-0.25, -0.2) is 4.39 Å². The van der Waals surface area contributed by atoms with Gasteiger partial charge in [0.05, 0.1) is 0 Å². The van der Waals surface area contributed by atoms with Crippen molar-refractivity contribution in [2.45, 2.75) is 39.8 Å². The van der Waals surface area contributed by atoms with Gasteiger partial charge in [-0.2, -0.15) is 0 Å². The molecule has 1 aromatic carbocycles. The third-order valence-corrected chi connectivity index (χ3v) is 3.36. The summed E-state index contributed by atoms with van der Waals surface area (Å²) in [7, 11) is 2.01. The van der Waals surface area contributed by atoms with Crippen LogP contribution in [0.4, 0.5) is 4.39 Å². The first-order valence-electron chi connectivity index (χ1n) is 6.81. The zero-order valence-electron chi connectivity index (χ0n) is 12.6. The molecule has 0 amide bonds. The summed E-state index contributed by atoms with van der Waals surface area (Å²) in [4.78, 5) is 2.17. The summed E-state index contributed by atoms with van der Waals surface area (Å²) in [5.41, 5.74) is 6.71. The largest absolute Gasteiger partial charge is 0.409 e. The number of hydrogen-bond acceptors (Lipinski definition) is 3. The van der Waals surface area contributed by atoms with Gasteiger partial charge in [-0.05, 0) is 50.1 Å². The first-order valence-corrected chi connectivity index (χ1v) is 6.81.